The Bertz CT molecular complexity index is 690. The molecule has 0 saturated carbocycles. The molecule has 0 radical (unpaired) electrons. The summed E-state index contributed by atoms with van der Waals surface area (Å²) in [7, 11) is 0. The van der Waals surface area contributed by atoms with Crippen LogP contribution in [-0.4, -0.2) is 15.0 Å². The number of aromatic amines is 1. The summed E-state index contributed by atoms with van der Waals surface area (Å²) < 4.78 is 13.6. The van der Waals surface area contributed by atoms with E-state index in [1.54, 1.807) is 30.3 Å². The summed E-state index contributed by atoms with van der Waals surface area (Å²) in [4.78, 5) is 11.3. The van der Waals surface area contributed by atoms with E-state index in [1.807, 2.05) is 0 Å². The maximum atomic E-state index is 13.6. The number of hydrogen-bond acceptors (Lipinski definition) is 3. The normalized spacial score (nSPS) is 10.9. The van der Waals surface area contributed by atoms with Gasteiger partial charge in [0, 0.05) is 0 Å². The van der Waals surface area contributed by atoms with Crippen LogP contribution < -0.4 is 5.73 Å². The number of fused-ring (bicyclic) bond motifs is 1. The Morgan fingerprint density at radius 3 is 2.71 bits per heavy atom. The highest BCUT2D eigenvalue weighted by Crippen LogP contribution is 2.22. The first-order valence-electron chi connectivity index (χ1n) is 5.11. The van der Waals surface area contributed by atoms with Gasteiger partial charge in [-0.25, -0.2) is 14.4 Å². The Hall–Kier alpha value is -2.43. The number of anilines is 1. The number of nitrogens with one attached hydrogen (secondary N) is 1. The van der Waals surface area contributed by atoms with E-state index >= 15 is 0 Å². The van der Waals surface area contributed by atoms with Crippen LogP contribution in [0.3, 0.4) is 0 Å². The molecule has 0 amide bonds. The van der Waals surface area contributed by atoms with Crippen LogP contribution in [-0.2, 0) is 0 Å². The smallest absolute Gasteiger partial charge is 0.180 e. The summed E-state index contributed by atoms with van der Waals surface area (Å²) in [6.45, 7) is 0. The maximum Gasteiger partial charge on any atom is 0.180 e. The molecule has 4 nitrogen and oxygen atoms in total. The van der Waals surface area contributed by atoms with Crippen molar-refractivity contribution in [3.63, 3.8) is 0 Å². The number of imidazole rings is 1. The molecule has 0 spiro atoms. The van der Waals surface area contributed by atoms with Gasteiger partial charge in [0.05, 0.1) is 11.1 Å². The van der Waals surface area contributed by atoms with E-state index in [4.69, 9.17) is 5.73 Å². The molecule has 0 aliphatic carbocycles. The zero-order valence-electron chi connectivity index (χ0n) is 8.81. The van der Waals surface area contributed by atoms with Crippen LogP contribution in [0.25, 0.3) is 22.6 Å². The molecule has 5 heteroatoms. The Labute approximate surface area is 96.3 Å². The van der Waals surface area contributed by atoms with Gasteiger partial charge in [-0.3, -0.25) is 0 Å². The van der Waals surface area contributed by atoms with Gasteiger partial charge in [0.15, 0.2) is 5.65 Å². The van der Waals surface area contributed by atoms with Crippen molar-refractivity contribution in [2.45, 2.75) is 0 Å². The van der Waals surface area contributed by atoms with Crippen LogP contribution >= 0.6 is 0 Å². The molecule has 17 heavy (non-hydrogen) atoms. The molecule has 0 aliphatic heterocycles. The molecule has 2 heterocycles. The second kappa shape index (κ2) is 3.55. The summed E-state index contributed by atoms with van der Waals surface area (Å²) in [5.74, 6) is 0.528. The van der Waals surface area contributed by atoms with Crippen LogP contribution in [0, 0.1) is 5.82 Å². The van der Waals surface area contributed by atoms with Gasteiger partial charge in [-0.2, -0.15) is 0 Å². The predicted molar refractivity (Wildman–Crippen MR) is 63.7 cm³/mol. The van der Waals surface area contributed by atoms with E-state index in [-0.39, 0.29) is 5.82 Å². The summed E-state index contributed by atoms with van der Waals surface area (Å²) in [6, 6.07) is 9.90. The number of H-pyrrole nitrogens is 1. The van der Waals surface area contributed by atoms with Crippen LogP contribution in [0.15, 0.2) is 36.4 Å². The number of aromatic nitrogens is 3. The van der Waals surface area contributed by atoms with Gasteiger partial charge >= 0.3 is 0 Å². The van der Waals surface area contributed by atoms with Crippen molar-refractivity contribution in [1.29, 1.82) is 0 Å². The second-order valence-corrected chi connectivity index (χ2v) is 3.67. The van der Waals surface area contributed by atoms with Crippen molar-refractivity contribution < 1.29 is 4.39 Å². The minimum Gasteiger partial charge on any atom is -0.384 e. The molecule has 0 unspecified atom stereocenters. The number of rotatable bonds is 1. The van der Waals surface area contributed by atoms with E-state index < -0.39 is 0 Å². The lowest BCUT2D eigenvalue weighted by atomic mass is 10.2. The number of nitrogens with zero attached hydrogens (tertiary/aromatic N) is 2. The largest absolute Gasteiger partial charge is 0.384 e. The lowest BCUT2D eigenvalue weighted by molar-refractivity contribution is 0.630. The highest BCUT2D eigenvalue weighted by Gasteiger charge is 2.09. The van der Waals surface area contributed by atoms with Crippen molar-refractivity contribution in [3.05, 3.63) is 42.2 Å². The molecule has 0 bridgehead atoms. The van der Waals surface area contributed by atoms with Crippen molar-refractivity contribution in [2.24, 2.45) is 0 Å². The third kappa shape index (κ3) is 1.61. The summed E-state index contributed by atoms with van der Waals surface area (Å²) in [5.41, 5.74) is 7.21. The first-order valence-corrected chi connectivity index (χ1v) is 5.11. The monoisotopic (exact) mass is 228 g/mol. The third-order valence-electron chi connectivity index (χ3n) is 2.50. The molecule has 0 aliphatic rings. The topological polar surface area (TPSA) is 67.6 Å². The van der Waals surface area contributed by atoms with Gasteiger partial charge in [0.25, 0.3) is 0 Å². The van der Waals surface area contributed by atoms with Crippen molar-refractivity contribution in [1.82, 2.24) is 15.0 Å². The van der Waals surface area contributed by atoms with Gasteiger partial charge in [-0.15, -0.1) is 0 Å². The molecular formula is C12H9FN4. The van der Waals surface area contributed by atoms with E-state index in [1.165, 1.54) is 6.07 Å². The Morgan fingerprint density at radius 1 is 1.06 bits per heavy atom. The van der Waals surface area contributed by atoms with E-state index in [2.05, 4.69) is 15.0 Å². The molecule has 0 fully saturated rings. The minimum atomic E-state index is -0.320. The number of nitrogen functional groups attached to an aromatic ring is 1. The molecule has 0 atom stereocenters. The summed E-state index contributed by atoms with van der Waals surface area (Å²) in [6.07, 6.45) is 0. The lowest BCUT2D eigenvalue weighted by Gasteiger charge is -1.96. The molecule has 3 rings (SSSR count). The van der Waals surface area contributed by atoms with E-state index in [0.717, 1.165) is 5.52 Å². The van der Waals surface area contributed by atoms with Crippen LogP contribution in [0.2, 0.25) is 0 Å². The highest BCUT2D eigenvalue weighted by molar-refractivity contribution is 5.77. The number of halogens is 1. The quantitative estimate of drug-likeness (QED) is 0.671. The fourth-order valence-corrected chi connectivity index (χ4v) is 1.69. The van der Waals surface area contributed by atoms with Gasteiger partial charge in [-0.05, 0) is 24.3 Å². The molecular weight excluding hydrogens is 219 g/mol. The average molecular weight is 228 g/mol. The van der Waals surface area contributed by atoms with E-state index in [9.17, 15) is 4.39 Å². The summed E-state index contributed by atoms with van der Waals surface area (Å²) >= 11 is 0. The predicted octanol–water partition coefficient (Wildman–Crippen LogP) is 2.35. The zero-order chi connectivity index (χ0) is 11.8. The third-order valence-corrected chi connectivity index (χ3v) is 2.50. The molecule has 3 aromatic rings. The van der Waals surface area contributed by atoms with Gasteiger partial charge in [0.1, 0.15) is 17.5 Å². The lowest BCUT2D eigenvalue weighted by Crippen LogP contribution is -1.88. The SMILES string of the molecule is Nc1ccc2[nH]c(-c3ccccc3F)nc2n1. The van der Waals surface area contributed by atoms with Crippen molar-refractivity contribution in [3.8, 4) is 11.4 Å². The average Bonchev–Trinajstić information content (AvgIpc) is 2.72. The first kappa shape index (κ1) is 9.77. The molecule has 3 N–H and O–H groups in total. The Morgan fingerprint density at radius 2 is 1.88 bits per heavy atom. The summed E-state index contributed by atoms with van der Waals surface area (Å²) in [5, 5.41) is 0. The van der Waals surface area contributed by atoms with Gasteiger partial charge in [0.2, 0.25) is 0 Å². The Kier molecular flexibility index (Phi) is 2.04. The van der Waals surface area contributed by atoms with E-state index in [0.29, 0.717) is 22.9 Å². The van der Waals surface area contributed by atoms with Crippen LogP contribution in [0.5, 0.6) is 0 Å². The molecule has 1 aromatic carbocycles. The fourth-order valence-electron chi connectivity index (χ4n) is 1.69. The second-order valence-electron chi connectivity index (χ2n) is 3.67. The number of benzene rings is 1. The molecule has 0 saturated heterocycles. The zero-order valence-corrected chi connectivity index (χ0v) is 8.81. The van der Waals surface area contributed by atoms with Crippen LogP contribution in [0.4, 0.5) is 10.2 Å². The fraction of sp³-hybridized carbons (Fsp3) is 0. The number of nitrogens with two attached hydrogens (primary N) is 1. The maximum absolute atomic E-state index is 13.6. The first-order chi connectivity index (χ1) is 8.24. The van der Waals surface area contributed by atoms with Crippen molar-refractivity contribution >= 4 is 17.0 Å². The molecule has 84 valence electrons. The van der Waals surface area contributed by atoms with Crippen molar-refractivity contribution in [2.75, 3.05) is 5.73 Å². The number of pyridine rings is 1. The van der Waals surface area contributed by atoms with Gasteiger partial charge in [-0.1, -0.05) is 12.1 Å². The standard InChI is InChI=1S/C12H9FN4/c13-8-4-2-1-3-7(8)11-15-9-5-6-10(14)16-12(9)17-11/h1-6H,(H3,14,15,16,17). The highest BCUT2D eigenvalue weighted by atomic mass is 19.1. The van der Waals surface area contributed by atoms with Crippen LogP contribution in [0.1, 0.15) is 0 Å². The molecule has 2 aromatic heterocycles. The number of hydrogen-bond donors (Lipinski definition) is 2. The van der Waals surface area contributed by atoms with Gasteiger partial charge < -0.3 is 10.7 Å². The Balaban J connectivity index is 2.22. The minimum absolute atomic E-state index is 0.320.